The molecular weight excluding hydrogens is 308 g/mol. The van der Waals surface area contributed by atoms with Crippen molar-refractivity contribution in [1.82, 2.24) is 10.2 Å². The SMILES string of the molecule is Cl.O=C(c1ccc(-c2ccccc2)cc1)N1C[C@H]2CNC[C@H]2C1. The number of benzene rings is 2. The van der Waals surface area contributed by atoms with Gasteiger partial charge in [-0.1, -0.05) is 42.5 Å². The Labute approximate surface area is 143 Å². The van der Waals surface area contributed by atoms with Gasteiger partial charge < -0.3 is 10.2 Å². The van der Waals surface area contributed by atoms with E-state index in [0.29, 0.717) is 11.8 Å². The number of carbonyl (C=O) groups excluding carboxylic acids is 1. The van der Waals surface area contributed by atoms with E-state index in [1.807, 2.05) is 47.4 Å². The Balaban J connectivity index is 0.00000156. The Morgan fingerprint density at radius 3 is 2.04 bits per heavy atom. The molecule has 1 amide bonds. The van der Waals surface area contributed by atoms with Crippen LogP contribution in [0.4, 0.5) is 0 Å². The molecule has 3 nitrogen and oxygen atoms in total. The van der Waals surface area contributed by atoms with Crippen molar-refractivity contribution in [3.05, 3.63) is 60.2 Å². The first-order chi connectivity index (χ1) is 10.8. The molecule has 4 heteroatoms. The Morgan fingerprint density at radius 1 is 0.870 bits per heavy atom. The normalized spacial score (nSPS) is 22.5. The summed E-state index contributed by atoms with van der Waals surface area (Å²) < 4.78 is 0. The Kier molecular flexibility index (Phi) is 4.69. The lowest BCUT2D eigenvalue weighted by molar-refractivity contribution is 0.0781. The second-order valence-corrected chi connectivity index (χ2v) is 6.33. The van der Waals surface area contributed by atoms with Crippen molar-refractivity contribution in [1.29, 1.82) is 0 Å². The summed E-state index contributed by atoms with van der Waals surface area (Å²) in [7, 11) is 0. The molecular formula is C19H21ClN2O. The number of likely N-dealkylation sites (tertiary alicyclic amines) is 1. The molecule has 2 aromatic rings. The minimum absolute atomic E-state index is 0. The van der Waals surface area contributed by atoms with Gasteiger partial charge in [0.05, 0.1) is 0 Å². The zero-order valence-corrected chi connectivity index (χ0v) is 13.8. The molecule has 0 unspecified atom stereocenters. The number of fused-ring (bicyclic) bond motifs is 1. The van der Waals surface area contributed by atoms with Crippen LogP contribution < -0.4 is 5.32 Å². The lowest BCUT2D eigenvalue weighted by atomic mass is 10.0. The number of nitrogens with one attached hydrogen (secondary N) is 1. The van der Waals surface area contributed by atoms with Crippen molar-refractivity contribution in [2.45, 2.75) is 0 Å². The smallest absolute Gasteiger partial charge is 0.253 e. The van der Waals surface area contributed by atoms with E-state index in [9.17, 15) is 4.79 Å². The molecule has 1 N–H and O–H groups in total. The molecule has 2 aliphatic rings. The number of halogens is 1. The van der Waals surface area contributed by atoms with E-state index in [4.69, 9.17) is 0 Å². The molecule has 2 atom stereocenters. The van der Waals surface area contributed by atoms with Gasteiger partial charge in [-0.15, -0.1) is 12.4 Å². The van der Waals surface area contributed by atoms with Crippen LogP contribution in [-0.2, 0) is 0 Å². The van der Waals surface area contributed by atoms with E-state index < -0.39 is 0 Å². The van der Waals surface area contributed by atoms with Crippen LogP contribution in [0.3, 0.4) is 0 Å². The second-order valence-electron chi connectivity index (χ2n) is 6.33. The van der Waals surface area contributed by atoms with E-state index in [1.165, 1.54) is 5.56 Å². The van der Waals surface area contributed by atoms with E-state index in [0.717, 1.165) is 37.3 Å². The predicted octanol–water partition coefficient (Wildman–Crippen LogP) is 3.07. The highest BCUT2D eigenvalue weighted by molar-refractivity contribution is 5.95. The summed E-state index contributed by atoms with van der Waals surface area (Å²) in [5, 5.41) is 3.41. The van der Waals surface area contributed by atoms with Crippen LogP contribution in [0.15, 0.2) is 54.6 Å². The number of hydrogen-bond acceptors (Lipinski definition) is 2. The predicted molar refractivity (Wildman–Crippen MR) is 94.9 cm³/mol. The molecule has 0 bridgehead atoms. The number of hydrogen-bond donors (Lipinski definition) is 1. The first kappa shape index (κ1) is 16.0. The highest BCUT2D eigenvalue weighted by Gasteiger charge is 2.38. The molecule has 2 aliphatic heterocycles. The third kappa shape index (κ3) is 3.12. The fourth-order valence-corrected chi connectivity index (χ4v) is 3.64. The molecule has 0 aliphatic carbocycles. The van der Waals surface area contributed by atoms with E-state index in [1.54, 1.807) is 0 Å². The summed E-state index contributed by atoms with van der Waals surface area (Å²) in [5.41, 5.74) is 3.13. The topological polar surface area (TPSA) is 32.3 Å². The number of amides is 1. The van der Waals surface area contributed by atoms with Gasteiger partial charge in [-0.3, -0.25) is 4.79 Å². The molecule has 120 valence electrons. The van der Waals surface area contributed by atoms with E-state index in [-0.39, 0.29) is 18.3 Å². The van der Waals surface area contributed by atoms with Crippen molar-refractivity contribution in [2.24, 2.45) is 11.8 Å². The van der Waals surface area contributed by atoms with Gasteiger partial charge in [0.1, 0.15) is 0 Å². The largest absolute Gasteiger partial charge is 0.338 e. The minimum Gasteiger partial charge on any atom is -0.338 e. The van der Waals surface area contributed by atoms with Crippen molar-refractivity contribution in [2.75, 3.05) is 26.2 Å². The lowest BCUT2D eigenvalue weighted by Crippen LogP contribution is -2.31. The van der Waals surface area contributed by atoms with Gasteiger partial charge in [0.25, 0.3) is 5.91 Å². The molecule has 2 heterocycles. The fraction of sp³-hybridized carbons (Fsp3) is 0.316. The zero-order chi connectivity index (χ0) is 14.9. The highest BCUT2D eigenvalue weighted by atomic mass is 35.5. The number of carbonyl (C=O) groups is 1. The summed E-state index contributed by atoms with van der Waals surface area (Å²) >= 11 is 0. The van der Waals surface area contributed by atoms with Gasteiger partial charge in [0, 0.05) is 31.7 Å². The molecule has 23 heavy (non-hydrogen) atoms. The van der Waals surface area contributed by atoms with Gasteiger partial charge in [0.15, 0.2) is 0 Å². The molecule has 0 radical (unpaired) electrons. The third-order valence-electron chi connectivity index (χ3n) is 4.92. The van der Waals surface area contributed by atoms with Crippen LogP contribution in [-0.4, -0.2) is 37.0 Å². The first-order valence-corrected chi connectivity index (χ1v) is 7.97. The van der Waals surface area contributed by atoms with Crippen LogP contribution >= 0.6 is 12.4 Å². The van der Waals surface area contributed by atoms with E-state index >= 15 is 0 Å². The van der Waals surface area contributed by atoms with Gasteiger partial charge >= 0.3 is 0 Å². The second kappa shape index (κ2) is 6.73. The van der Waals surface area contributed by atoms with Crippen molar-refractivity contribution in [3.8, 4) is 11.1 Å². The third-order valence-corrected chi connectivity index (χ3v) is 4.92. The fourth-order valence-electron chi connectivity index (χ4n) is 3.64. The van der Waals surface area contributed by atoms with Crippen LogP contribution in [0.25, 0.3) is 11.1 Å². The Morgan fingerprint density at radius 2 is 1.43 bits per heavy atom. The van der Waals surface area contributed by atoms with Crippen LogP contribution in [0, 0.1) is 11.8 Å². The van der Waals surface area contributed by atoms with Crippen molar-refractivity contribution in [3.63, 3.8) is 0 Å². The van der Waals surface area contributed by atoms with Crippen molar-refractivity contribution < 1.29 is 4.79 Å². The molecule has 2 aromatic carbocycles. The first-order valence-electron chi connectivity index (χ1n) is 7.97. The van der Waals surface area contributed by atoms with Crippen molar-refractivity contribution >= 4 is 18.3 Å². The molecule has 0 aromatic heterocycles. The van der Waals surface area contributed by atoms with Gasteiger partial charge in [0.2, 0.25) is 0 Å². The lowest BCUT2D eigenvalue weighted by Gasteiger charge is -2.17. The maximum Gasteiger partial charge on any atom is 0.253 e. The molecule has 0 spiro atoms. The van der Waals surface area contributed by atoms with Crippen LogP contribution in [0.5, 0.6) is 0 Å². The van der Waals surface area contributed by atoms with Crippen LogP contribution in [0.2, 0.25) is 0 Å². The highest BCUT2D eigenvalue weighted by Crippen LogP contribution is 2.28. The zero-order valence-electron chi connectivity index (χ0n) is 12.9. The average Bonchev–Trinajstić information content (AvgIpc) is 3.17. The molecule has 2 saturated heterocycles. The maximum atomic E-state index is 12.6. The quantitative estimate of drug-likeness (QED) is 0.919. The average molecular weight is 329 g/mol. The Hall–Kier alpha value is -1.84. The van der Waals surface area contributed by atoms with Crippen LogP contribution in [0.1, 0.15) is 10.4 Å². The summed E-state index contributed by atoms with van der Waals surface area (Å²) in [6.45, 7) is 3.91. The molecule has 0 saturated carbocycles. The molecule has 2 fully saturated rings. The van der Waals surface area contributed by atoms with Gasteiger partial charge in [-0.05, 0) is 35.1 Å². The summed E-state index contributed by atoms with van der Waals surface area (Å²) in [6.07, 6.45) is 0. The van der Waals surface area contributed by atoms with Gasteiger partial charge in [-0.25, -0.2) is 0 Å². The van der Waals surface area contributed by atoms with E-state index in [2.05, 4.69) is 17.4 Å². The Bertz CT molecular complexity index is 660. The maximum absolute atomic E-state index is 12.6. The number of rotatable bonds is 2. The summed E-state index contributed by atoms with van der Waals surface area (Å²) in [5.74, 6) is 1.47. The standard InChI is InChI=1S/C19H20N2O.ClH/c22-19(21-12-17-10-20-11-18(17)13-21)16-8-6-15(7-9-16)14-4-2-1-3-5-14;/h1-9,17-18,20H,10-13H2;1H/t17-,18+;. The van der Waals surface area contributed by atoms with Gasteiger partial charge in [-0.2, -0.15) is 0 Å². The minimum atomic E-state index is 0. The molecule has 4 rings (SSSR count). The summed E-state index contributed by atoms with van der Waals surface area (Å²) in [6, 6.07) is 18.3. The summed E-state index contributed by atoms with van der Waals surface area (Å²) in [4.78, 5) is 14.7. The number of nitrogens with zero attached hydrogens (tertiary/aromatic N) is 1. The monoisotopic (exact) mass is 328 g/mol.